The molecule has 1 saturated heterocycles. The van der Waals surface area contributed by atoms with Crippen LogP contribution < -0.4 is 15.9 Å². The van der Waals surface area contributed by atoms with Crippen LogP contribution in [0.1, 0.15) is 19.3 Å². The van der Waals surface area contributed by atoms with Gasteiger partial charge < -0.3 is 20.2 Å². The molecule has 0 aliphatic carbocycles. The monoisotopic (exact) mass is 260 g/mol. The number of H-pyrrole nitrogens is 2. The van der Waals surface area contributed by atoms with E-state index in [4.69, 9.17) is 0 Å². The van der Waals surface area contributed by atoms with Gasteiger partial charge in [0.2, 0.25) is 0 Å². The third-order valence-corrected chi connectivity index (χ3v) is 3.85. The third kappa shape index (κ3) is 2.66. The van der Waals surface area contributed by atoms with E-state index >= 15 is 0 Å². The number of benzene rings is 1. The molecule has 2 aromatic rings. The summed E-state index contributed by atoms with van der Waals surface area (Å²) in [5.41, 5.74) is 2.71. The van der Waals surface area contributed by atoms with Crippen LogP contribution >= 0.6 is 0 Å². The standard InChI is InChI=1S/C14H20N4O/c1-18(9-10-4-2-3-7-15-10)11-5-6-12-13(8-11)17-14(19)16-12/h5-6,8,10,15H,2-4,7,9H2,1H3,(H2,16,17,19). The van der Waals surface area contributed by atoms with E-state index in [1.54, 1.807) is 0 Å². The highest BCUT2D eigenvalue weighted by atomic mass is 16.1. The second kappa shape index (κ2) is 5.09. The molecule has 2 heterocycles. The first-order chi connectivity index (χ1) is 9.22. The Morgan fingerprint density at radius 3 is 2.89 bits per heavy atom. The molecule has 0 bridgehead atoms. The number of hydrogen-bond donors (Lipinski definition) is 3. The predicted octanol–water partition coefficient (Wildman–Crippen LogP) is 1.43. The van der Waals surface area contributed by atoms with Crippen molar-refractivity contribution in [2.45, 2.75) is 25.3 Å². The van der Waals surface area contributed by atoms with Gasteiger partial charge >= 0.3 is 5.69 Å². The summed E-state index contributed by atoms with van der Waals surface area (Å²) in [6.45, 7) is 2.13. The van der Waals surface area contributed by atoms with Gasteiger partial charge in [-0.25, -0.2) is 4.79 Å². The van der Waals surface area contributed by atoms with Crippen molar-refractivity contribution in [1.82, 2.24) is 15.3 Å². The highest BCUT2D eigenvalue weighted by Gasteiger charge is 2.15. The Morgan fingerprint density at radius 1 is 1.26 bits per heavy atom. The number of likely N-dealkylation sites (N-methyl/N-ethyl adjacent to an activating group) is 1. The smallest absolute Gasteiger partial charge is 0.323 e. The van der Waals surface area contributed by atoms with E-state index in [1.807, 2.05) is 12.1 Å². The molecule has 0 spiro atoms. The number of rotatable bonds is 3. The molecule has 0 saturated carbocycles. The average molecular weight is 260 g/mol. The van der Waals surface area contributed by atoms with Crippen LogP contribution in [0, 0.1) is 0 Å². The maximum Gasteiger partial charge on any atom is 0.323 e. The number of anilines is 1. The van der Waals surface area contributed by atoms with Crippen molar-refractivity contribution >= 4 is 16.7 Å². The number of nitrogens with one attached hydrogen (secondary N) is 3. The van der Waals surface area contributed by atoms with Crippen molar-refractivity contribution < 1.29 is 0 Å². The van der Waals surface area contributed by atoms with E-state index in [0.29, 0.717) is 6.04 Å². The van der Waals surface area contributed by atoms with E-state index in [9.17, 15) is 4.79 Å². The van der Waals surface area contributed by atoms with Crippen molar-refractivity contribution in [3.05, 3.63) is 28.7 Å². The Labute approximate surface area is 112 Å². The number of hydrogen-bond acceptors (Lipinski definition) is 3. The first kappa shape index (κ1) is 12.3. The Kier molecular flexibility index (Phi) is 3.29. The van der Waals surface area contributed by atoms with Crippen LogP contribution in [-0.4, -0.2) is 36.1 Å². The van der Waals surface area contributed by atoms with Crippen molar-refractivity contribution in [3.8, 4) is 0 Å². The maximum atomic E-state index is 11.3. The minimum atomic E-state index is -0.149. The summed E-state index contributed by atoms with van der Waals surface area (Å²) in [5, 5.41) is 3.56. The van der Waals surface area contributed by atoms with E-state index in [2.05, 4.69) is 33.3 Å². The van der Waals surface area contributed by atoms with Gasteiger partial charge in [0.15, 0.2) is 0 Å². The Hall–Kier alpha value is -1.75. The maximum absolute atomic E-state index is 11.3. The van der Waals surface area contributed by atoms with Gasteiger partial charge in [0.05, 0.1) is 11.0 Å². The molecule has 3 rings (SSSR count). The van der Waals surface area contributed by atoms with E-state index < -0.39 is 0 Å². The number of aromatic nitrogens is 2. The van der Waals surface area contributed by atoms with Crippen molar-refractivity contribution in [2.75, 3.05) is 25.0 Å². The number of imidazole rings is 1. The van der Waals surface area contributed by atoms with Crippen LogP contribution in [0.2, 0.25) is 0 Å². The topological polar surface area (TPSA) is 63.9 Å². The molecule has 0 amide bonds. The first-order valence-electron chi connectivity index (χ1n) is 6.89. The van der Waals surface area contributed by atoms with Crippen molar-refractivity contribution in [3.63, 3.8) is 0 Å². The molecule has 1 atom stereocenters. The average Bonchev–Trinajstić information content (AvgIpc) is 2.78. The summed E-state index contributed by atoms with van der Waals surface area (Å²) in [7, 11) is 2.10. The minimum absolute atomic E-state index is 0.149. The van der Waals surface area contributed by atoms with E-state index in [-0.39, 0.29) is 5.69 Å². The summed E-state index contributed by atoms with van der Waals surface area (Å²) >= 11 is 0. The normalized spacial score (nSPS) is 19.7. The molecule has 19 heavy (non-hydrogen) atoms. The molecule has 1 fully saturated rings. The first-order valence-corrected chi connectivity index (χ1v) is 6.89. The lowest BCUT2D eigenvalue weighted by molar-refractivity contribution is 0.403. The van der Waals surface area contributed by atoms with Gasteiger partial charge in [-0.15, -0.1) is 0 Å². The van der Waals surface area contributed by atoms with Crippen molar-refractivity contribution in [1.29, 1.82) is 0 Å². The number of piperidine rings is 1. The zero-order valence-corrected chi connectivity index (χ0v) is 11.2. The second-order valence-corrected chi connectivity index (χ2v) is 5.34. The van der Waals surface area contributed by atoms with Crippen LogP contribution in [0.25, 0.3) is 11.0 Å². The highest BCUT2D eigenvalue weighted by molar-refractivity contribution is 5.78. The number of nitrogens with zero attached hydrogens (tertiary/aromatic N) is 1. The summed E-state index contributed by atoms with van der Waals surface area (Å²) in [6.07, 6.45) is 3.85. The molecule has 1 aliphatic heterocycles. The Morgan fingerprint density at radius 2 is 2.11 bits per heavy atom. The zero-order chi connectivity index (χ0) is 13.2. The van der Waals surface area contributed by atoms with Crippen LogP contribution in [-0.2, 0) is 0 Å². The lowest BCUT2D eigenvalue weighted by atomic mass is 10.0. The van der Waals surface area contributed by atoms with Gasteiger partial charge in [-0.1, -0.05) is 6.42 Å². The molecule has 1 aromatic carbocycles. The fourth-order valence-electron chi connectivity index (χ4n) is 2.77. The summed E-state index contributed by atoms with van der Waals surface area (Å²) in [6, 6.07) is 6.60. The van der Waals surface area contributed by atoms with Gasteiger partial charge in [-0.05, 0) is 37.6 Å². The molecular weight excluding hydrogens is 240 g/mol. The van der Waals surface area contributed by atoms with Gasteiger partial charge in [-0.2, -0.15) is 0 Å². The van der Waals surface area contributed by atoms with Crippen LogP contribution in [0.5, 0.6) is 0 Å². The minimum Gasteiger partial charge on any atom is -0.373 e. The van der Waals surface area contributed by atoms with Crippen LogP contribution in [0.3, 0.4) is 0 Å². The summed E-state index contributed by atoms with van der Waals surface area (Å²) in [5.74, 6) is 0. The van der Waals surface area contributed by atoms with E-state index in [1.165, 1.54) is 19.3 Å². The summed E-state index contributed by atoms with van der Waals surface area (Å²) < 4.78 is 0. The SMILES string of the molecule is CN(CC1CCCCN1)c1ccc2[nH]c(=O)[nH]c2c1. The summed E-state index contributed by atoms with van der Waals surface area (Å²) in [4.78, 5) is 19.1. The predicted molar refractivity (Wildman–Crippen MR) is 77.8 cm³/mol. The highest BCUT2D eigenvalue weighted by Crippen LogP contribution is 2.19. The molecule has 5 nitrogen and oxygen atoms in total. The lowest BCUT2D eigenvalue weighted by Crippen LogP contribution is -2.42. The fraction of sp³-hybridized carbons (Fsp3) is 0.500. The zero-order valence-electron chi connectivity index (χ0n) is 11.2. The molecule has 102 valence electrons. The Bertz CT molecular complexity index is 609. The molecular formula is C14H20N4O. The van der Waals surface area contributed by atoms with Gasteiger partial charge in [-0.3, -0.25) is 0 Å². The van der Waals surface area contributed by atoms with E-state index in [0.717, 1.165) is 29.8 Å². The fourth-order valence-corrected chi connectivity index (χ4v) is 2.77. The largest absolute Gasteiger partial charge is 0.373 e. The van der Waals surface area contributed by atoms with Crippen LogP contribution in [0.4, 0.5) is 5.69 Å². The van der Waals surface area contributed by atoms with Gasteiger partial charge in [0.1, 0.15) is 0 Å². The number of aromatic amines is 2. The molecule has 1 aliphatic rings. The lowest BCUT2D eigenvalue weighted by Gasteiger charge is -2.29. The molecule has 3 N–H and O–H groups in total. The third-order valence-electron chi connectivity index (χ3n) is 3.85. The van der Waals surface area contributed by atoms with Crippen molar-refractivity contribution in [2.24, 2.45) is 0 Å². The number of fused-ring (bicyclic) bond motifs is 1. The van der Waals surface area contributed by atoms with Gasteiger partial charge in [0.25, 0.3) is 0 Å². The van der Waals surface area contributed by atoms with Crippen LogP contribution in [0.15, 0.2) is 23.0 Å². The van der Waals surface area contributed by atoms with Gasteiger partial charge in [0, 0.05) is 25.3 Å². The molecule has 0 radical (unpaired) electrons. The molecule has 5 heteroatoms. The Balaban J connectivity index is 1.76. The quantitative estimate of drug-likeness (QED) is 0.782. The molecule has 1 unspecified atom stereocenters. The second-order valence-electron chi connectivity index (χ2n) is 5.34. The molecule has 1 aromatic heterocycles.